The zero-order valence-corrected chi connectivity index (χ0v) is 17.6. The quantitative estimate of drug-likeness (QED) is 0.433. The molecule has 162 valence electrons. The van der Waals surface area contributed by atoms with Gasteiger partial charge in [0.2, 0.25) is 15.9 Å². The van der Waals surface area contributed by atoms with Gasteiger partial charge in [-0.25, -0.2) is 18.2 Å². The van der Waals surface area contributed by atoms with Crippen molar-refractivity contribution in [3.63, 3.8) is 0 Å². The molecule has 11 heteroatoms. The number of nitrogens with one attached hydrogen (secondary N) is 1. The van der Waals surface area contributed by atoms with Crippen molar-refractivity contribution < 1.29 is 17.6 Å². The standard InChI is InChI=1S/C20H21N5O5S/c1-2-18-23-24(20(27)16-11-17-15(25(16)18)8-10-30-17)12-19(26)22-9-7-13-3-5-14(6-4-13)31(21,28)29/h3-6,8,10-11H,2,7,9,12H2,1H3,(H,22,26)(H2,21,28,29). The van der Waals surface area contributed by atoms with Crippen molar-refractivity contribution in [1.82, 2.24) is 19.5 Å². The van der Waals surface area contributed by atoms with Gasteiger partial charge in [-0.05, 0) is 24.1 Å². The number of carbonyl (C=O) groups is 1. The predicted molar refractivity (Wildman–Crippen MR) is 113 cm³/mol. The van der Waals surface area contributed by atoms with Gasteiger partial charge in [-0.3, -0.25) is 14.0 Å². The molecule has 3 aromatic heterocycles. The van der Waals surface area contributed by atoms with Crippen LogP contribution in [0.15, 0.2) is 56.8 Å². The molecule has 31 heavy (non-hydrogen) atoms. The minimum absolute atomic E-state index is 0.0325. The summed E-state index contributed by atoms with van der Waals surface area (Å²) in [4.78, 5) is 25.2. The van der Waals surface area contributed by atoms with Crippen molar-refractivity contribution in [2.24, 2.45) is 5.14 Å². The number of hydrogen-bond acceptors (Lipinski definition) is 6. The van der Waals surface area contributed by atoms with Gasteiger partial charge in [0.1, 0.15) is 17.9 Å². The number of benzene rings is 1. The van der Waals surface area contributed by atoms with E-state index in [0.717, 1.165) is 15.8 Å². The number of fused-ring (bicyclic) bond motifs is 3. The molecular formula is C20H21N5O5S. The Morgan fingerprint density at radius 3 is 2.61 bits per heavy atom. The fourth-order valence-corrected chi connectivity index (χ4v) is 3.96. The van der Waals surface area contributed by atoms with Crippen molar-refractivity contribution in [2.75, 3.05) is 6.54 Å². The molecule has 0 unspecified atom stereocenters. The summed E-state index contributed by atoms with van der Waals surface area (Å²) < 4.78 is 30.9. The van der Waals surface area contributed by atoms with Crippen molar-refractivity contribution in [3.8, 4) is 0 Å². The predicted octanol–water partition coefficient (Wildman–Crippen LogP) is 0.811. The lowest BCUT2D eigenvalue weighted by Gasteiger charge is -2.10. The van der Waals surface area contributed by atoms with Gasteiger partial charge in [0.05, 0.1) is 16.7 Å². The van der Waals surface area contributed by atoms with E-state index in [1.807, 2.05) is 6.92 Å². The van der Waals surface area contributed by atoms with E-state index in [1.165, 1.54) is 12.1 Å². The molecule has 1 aromatic carbocycles. The van der Waals surface area contributed by atoms with Gasteiger partial charge in [0, 0.05) is 25.1 Å². The first-order valence-corrected chi connectivity index (χ1v) is 11.2. The maximum Gasteiger partial charge on any atom is 0.291 e. The Bertz CT molecular complexity index is 1430. The number of amides is 1. The van der Waals surface area contributed by atoms with Crippen molar-refractivity contribution in [3.05, 3.63) is 64.4 Å². The summed E-state index contributed by atoms with van der Waals surface area (Å²) in [5, 5.41) is 12.2. The third-order valence-electron chi connectivity index (χ3n) is 4.97. The Morgan fingerprint density at radius 1 is 1.19 bits per heavy atom. The number of furan rings is 1. The molecule has 4 aromatic rings. The van der Waals surface area contributed by atoms with Crippen LogP contribution in [0, 0.1) is 0 Å². The molecule has 0 aliphatic heterocycles. The Kier molecular flexibility index (Phi) is 5.38. The van der Waals surface area contributed by atoms with E-state index in [9.17, 15) is 18.0 Å². The van der Waals surface area contributed by atoms with Crippen LogP contribution < -0.4 is 16.0 Å². The first-order valence-electron chi connectivity index (χ1n) is 9.65. The number of rotatable bonds is 7. The molecule has 0 fully saturated rings. The maximum atomic E-state index is 12.8. The van der Waals surface area contributed by atoms with Gasteiger partial charge in [-0.1, -0.05) is 19.1 Å². The normalized spacial score (nSPS) is 11.9. The third kappa shape index (κ3) is 4.09. The summed E-state index contributed by atoms with van der Waals surface area (Å²) in [5.74, 6) is 0.297. The zero-order chi connectivity index (χ0) is 22.2. The summed E-state index contributed by atoms with van der Waals surface area (Å²) in [7, 11) is -3.74. The van der Waals surface area contributed by atoms with Crippen LogP contribution in [0.5, 0.6) is 0 Å². The smallest absolute Gasteiger partial charge is 0.291 e. The van der Waals surface area contributed by atoms with Gasteiger partial charge in [0.15, 0.2) is 5.58 Å². The van der Waals surface area contributed by atoms with Crippen LogP contribution in [0.2, 0.25) is 0 Å². The molecule has 0 saturated carbocycles. The molecule has 3 heterocycles. The highest BCUT2D eigenvalue weighted by molar-refractivity contribution is 7.89. The minimum Gasteiger partial charge on any atom is -0.463 e. The summed E-state index contributed by atoms with van der Waals surface area (Å²) in [6.45, 7) is 2.03. The van der Waals surface area contributed by atoms with E-state index >= 15 is 0 Å². The monoisotopic (exact) mass is 443 g/mol. The number of primary sulfonamides is 1. The molecule has 0 saturated heterocycles. The molecule has 0 atom stereocenters. The lowest BCUT2D eigenvalue weighted by molar-refractivity contribution is -0.121. The largest absolute Gasteiger partial charge is 0.463 e. The Morgan fingerprint density at radius 2 is 1.94 bits per heavy atom. The van der Waals surface area contributed by atoms with Crippen molar-refractivity contribution in [1.29, 1.82) is 0 Å². The molecule has 1 amide bonds. The molecule has 0 aliphatic carbocycles. The van der Waals surface area contributed by atoms with Crippen LogP contribution in [-0.2, 0) is 34.2 Å². The highest BCUT2D eigenvalue weighted by atomic mass is 32.2. The highest BCUT2D eigenvalue weighted by Gasteiger charge is 2.16. The molecule has 0 bridgehead atoms. The number of hydrogen-bond donors (Lipinski definition) is 2. The summed E-state index contributed by atoms with van der Waals surface area (Å²) in [5.41, 5.74) is 2.22. The molecular weight excluding hydrogens is 422 g/mol. The van der Waals surface area contributed by atoms with Crippen LogP contribution in [0.3, 0.4) is 0 Å². The van der Waals surface area contributed by atoms with Gasteiger partial charge < -0.3 is 9.73 Å². The van der Waals surface area contributed by atoms with Gasteiger partial charge in [-0.15, -0.1) is 0 Å². The first kappa shape index (κ1) is 20.8. The van der Waals surface area contributed by atoms with Crippen LogP contribution in [0.25, 0.3) is 16.6 Å². The number of carbonyl (C=O) groups excluding carboxylic acids is 1. The van der Waals surface area contributed by atoms with Gasteiger partial charge in [0.25, 0.3) is 5.56 Å². The Labute approximate surface area is 177 Å². The maximum absolute atomic E-state index is 12.8. The van der Waals surface area contributed by atoms with E-state index in [1.54, 1.807) is 34.9 Å². The Balaban J connectivity index is 1.45. The van der Waals surface area contributed by atoms with Crippen LogP contribution >= 0.6 is 0 Å². The molecule has 4 rings (SSSR count). The van der Waals surface area contributed by atoms with E-state index in [4.69, 9.17) is 9.56 Å². The fraction of sp³-hybridized carbons (Fsp3) is 0.250. The lowest BCUT2D eigenvalue weighted by Crippen LogP contribution is -2.36. The summed E-state index contributed by atoms with van der Waals surface area (Å²) >= 11 is 0. The molecule has 3 N–H and O–H groups in total. The molecule has 10 nitrogen and oxygen atoms in total. The van der Waals surface area contributed by atoms with E-state index in [-0.39, 0.29) is 22.9 Å². The van der Waals surface area contributed by atoms with Crippen LogP contribution in [-0.4, -0.2) is 35.1 Å². The van der Waals surface area contributed by atoms with E-state index < -0.39 is 10.0 Å². The van der Waals surface area contributed by atoms with E-state index in [2.05, 4.69) is 10.4 Å². The summed E-state index contributed by atoms with van der Waals surface area (Å²) in [6, 6.07) is 9.55. The van der Waals surface area contributed by atoms with Crippen molar-refractivity contribution in [2.45, 2.75) is 31.2 Å². The number of aromatic nitrogens is 3. The second-order valence-electron chi connectivity index (χ2n) is 7.06. The van der Waals surface area contributed by atoms with Crippen molar-refractivity contribution >= 4 is 32.5 Å². The second-order valence-corrected chi connectivity index (χ2v) is 8.62. The number of nitrogens with zero attached hydrogens (tertiary/aromatic N) is 3. The van der Waals surface area contributed by atoms with Gasteiger partial charge >= 0.3 is 0 Å². The van der Waals surface area contributed by atoms with Crippen LogP contribution in [0.1, 0.15) is 18.3 Å². The zero-order valence-electron chi connectivity index (χ0n) is 16.7. The molecule has 0 spiro atoms. The topological polar surface area (TPSA) is 142 Å². The molecule has 0 aliphatic rings. The average Bonchev–Trinajstić information content (AvgIpc) is 3.32. The van der Waals surface area contributed by atoms with E-state index in [0.29, 0.717) is 36.3 Å². The summed E-state index contributed by atoms with van der Waals surface area (Å²) in [6.07, 6.45) is 2.62. The fourth-order valence-electron chi connectivity index (χ4n) is 3.44. The SMILES string of the molecule is CCc1nn(CC(=O)NCCc2ccc(S(N)(=O)=O)cc2)c(=O)c2cc3occc3n12. The number of nitrogens with two attached hydrogens (primary N) is 1. The second kappa shape index (κ2) is 8.00. The number of sulfonamides is 1. The first-order chi connectivity index (χ1) is 14.8. The highest BCUT2D eigenvalue weighted by Crippen LogP contribution is 2.20. The van der Waals surface area contributed by atoms with Crippen LogP contribution in [0.4, 0.5) is 0 Å². The Hall–Kier alpha value is -3.44. The molecule has 0 radical (unpaired) electrons. The lowest BCUT2D eigenvalue weighted by atomic mass is 10.1. The third-order valence-corrected chi connectivity index (χ3v) is 5.90. The minimum atomic E-state index is -3.74. The van der Waals surface area contributed by atoms with Gasteiger partial charge in [-0.2, -0.15) is 5.10 Å². The number of aryl methyl sites for hydroxylation is 1. The average molecular weight is 443 g/mol.